The molecule has 1 N–H and O–H groups in total. The third-order valence-electron chi connectivity index (χ3n) is 4.36. The van der Waals surface area contributed by atoms with Crippen LogP contribution in [0.2, 0.25) is 0 Å². The average Bonchev–Trinajstić information content (AvgIpc) is 2.95. The molecule has 0 spiro atoms. The summed E-state index contributed by atoms with van der Waals surface area (Å²) in [6.45, 7) is 9.09. The van der Waals surface area contributed by atoms with Crippen LogP contribution >= 0.6 is 0 Å². The number of nitrogens with zero attached hydrogens (tertiary/aromatic N) is 2. The minimum absolute atomic E-state index is 0.384. The zero-order chi connectivity index (χ0) is 14.4. The Morgan fingerprint density at radius 3 is 2.55 bits per heavy atom. The van der Waals surface area contributed by atoms with Crippen LogP contribution < -0.4 is 5.32 Å². The van der Waals surface area contributed by atoms with Crippen LogP contribution in [-0.2, 0) is 16.8 Å². The second kappa shape index (κ2) is 7.18. The predicted octanol–water partition coefficient (Wildman–Crippen LogP) is 2.66. The molecule has 0 bridgehead atoms. The molecular weight excluding hydrogens is 254 g/mol. The molecule has 0 unspecified atom stereocenters. The lowest BCUT2D eigenvalue weighted by atomic mass is 9.94. The van der Waals surface area contributed by atoms with Gasteiger partial charge in [0, 0.05) is 13.0 Å². The molecule has 0 radical (unpaired) electrons. The summed E-state index contributed by atoms with van der Waals surface area (Å²) < 4.78 is 11.4. The second-order valence-corrected chi connectivity index (χ2v) is 5.54. The summed E-state index contributed by atoms with van der Waals surface area (Å²) in [6.07, 6.45) is 5.00. The van der Waals surface area contributed by atoms with Crippen molar-refractivity contribution < 1.29 is 9.26 Å². The van der Waals surface area contributed by atoms with Crippen LogP contribution in [-0.4, -0.2) is 29.8 Å². The maximum absolute atomic E-state index is 5.92. The highest BCUT2D eigenvalue weighted by atomic mass is 16.5. The number of ether oxygens (including phenoxy) is 1. The Balaban J connectivity index is 2.06. The number of rotatable bonds is 7. The van der Waals surface area contributed by atoms with Crippen LogP contribution in [0.1, 0.15) is 58.2 Å². The fraction of sp³-hybridized carbons (Fsp3) is 0.867. The Bertz CT molecular complexity index is 396. The molecule has 1 aliphatic heterocycles. The van der Waals surface area contributed by atoms with Crippen LogP contribution in [0, 0.1) is 5.92 Å². The summed E-state index contributed by atoms with van der Waals surface area (Å²) in [5.41, 5.74) is -0.384. The first-order valence-electron chi connectivity index (χ1n) is 7.91. The normalized spacial score (nSPS) is 17.6. The molecule has 5 nitrogen and oxygen atoms in total. The molecule has 0 amide bonds. The summed E-state index contributed by atoms with van der Waals surface area (Å²) >= 11 is 0. The van der Waals surface area contributed by atoms with E-state index in [2.05, 4.69) is 29.3 Å². The van der Waals surface area contributed by atoms with E-state index in [4.69, 9.17) is 9.26 Å². The smallest absolute Gasteiger partial charge is 0.227 e. The van der Waals surface area contributed by atoms with Gasteiger partial charge in [0.25, 0.3) is 0 Å². The quantitative estimate of drug-likeness (QED) is 0.832. The summed E-state index contributed by atoms with van der Waals surface area (Å²) in [6, 6.07) is 0. The fourth-order valence-corrected chi connectivity index (χ4v) is 2.97. The number of nitrogens with one attached hydrogen (secondary N) is 1. The molecular formula is C15H27N3O2. The van der Waals surface area contributed by atoms with Crippen molar-refractivity contribution in [2.45, 2.75) is 58.5 Å². The van der Waals surface area contributed by atoms with E-state index < -0.39 is 0 Å². The van der Waals surface area contributed by atoms with Crippen molar-refractivity contribution in [2.24, 2.45) is 5.92 Å². The van der Waals surface area contributed by atoms with Gasteiger partial charge in [-0.3, -0.25) is 0 Å². The summed E-state index contributed by atoms with van der Waals surface area (Å²) in [4.78, 5) is 4.61. The van der Waals surface area contributed by atoms with Crippen molar-refractivity contribution in [3.63, 3.8) is 0 Å². The molecule has 114 valence electrons. The molecule has 1 fully saturated rings. The highest BCUT2D eigenvalue weighted by molar-refractivity contribution is 5.01. The van der Waals surface area contributed by atoms with Gasteiger partial charge in [0.05, 0.1) is 0 Å². The largest absolute Gasteiger partial charge is 0.367 e. The van der Waals surface area contributed by atoms with Crippen molar-refractivity contribution >= 4 is 0 Å². The van der Waals surface area contributed by atoms with Crippen LogP contribution in [0.15, 0.2) is 4.52 Å². The van der Waals surface area contributed by atoms with Gasteiger partial charge < -0.3 is 14.6 Å². The average molecular weight is 281 g/mol. The summed E-state index contributed by atoms with van der Waals surface area (Å²) in [5, 5.41) is 7.57. The van der Waals surface area contributed by atoms with E-state index in [-0.39, 0.29) is 5.60 Å². The van der Waals surface area contributed by atoms with E-state index >= 15 is 0 Å². The topological polar surface area (TPSA) is 60.2 Å². The molecule has 1 aromatic rings. The Kier molecular flexibility index (Phi) is 5.54. The maximum atomic E-state index is 5.92. The van der Waals surface area contributed by atoms with Crippen LogP contribution in [0.5, 0.6) is 0 Å². The second-order valence-electron chi connectivity index (χ2n) is 5.54. The van der Waals surface area contributed by atoms with Gasteiger partial charge in [-0.25, -0.2) is 0 Å². The van der Waals surface area contributed by atoms with E-state index in [9.17, 15) is 0 Å². The molecule has 1 aliphatic rings. The van der Waals surface area contributed by atoms with Crippen molar-refractivity contribution in [1.82, 2.24) is 15.5 Å². The summed E-state index contributed by atoms with van der Waals surface area (Å²) in [7, 11) is 0. The minimum Gasteiger partial charge on any atom is -0.367 e. The van der Waals surface area contributed by atoms with Gasteiger partial charge in [0.15, 0.2) is 0 Å². The highest BCUT2D eigenvalue weighted by Gasteiger charge is 2.34. The third-order valence-corrected chi connectivity index (χ3v) is 4.36. The molecule has 1 saturated heterocycles. The summed E-state index contributed by atoms with van der Waals surface area (Å²) in [5.74, 6) is 2.14. The van der Waals surface area contributed by atoms with Crippen molar-refractivity contribution in [3.05, 3.63) is 11.7 Å². The van der Waals surface area contributed by atoms with Crippen molar-refractivity contribution in [2.75, 3.05) is 19.7 Å². The molecule has 0 atom stereocenters. The SMILES string of the molecule is CCOC(CC)(CC)c1noc(CC2CCNCC2)n1. The lowest BCUT2D eigenvalue weighted by Crippen LogP contribution is -2.30. The lowest BCUT2D eigenvalue weighted by Gasteiger charge is -2.27. The Labute approximate surface area is 121 Å². The Morgan fingerprint density at radius 2 is 1.95 bits per heavy atom. The maximum Gasteiger partial charge on any atom is 0.227 e. The standard InChI is InChI=1S/C15H27N3O2/c1-4-15(5-2,19-6-3)14-17-13(20-18-14)11-12-7-9-16-10-8-12/h12,16H,4-11H2,1-3H3. The first kappa shape index (κ1) is 15.4. The van der Waals surface area contributed by atoms with Crippen LogP contribution in [0.4, 0.5) is 0 Å². The highest BCUT2D eigenvalue weighted by Crippen LogP contribution is 2.31. The van der Waals surface area contributed by atoms with Gasteiger partial charge >= 0.3 is 0 Å². The fourth-order valence-electron chi connectivity index (χ4n) is 2.97. The first-order valence-corrected chi connectivity index (χ1v) is 7.91. The number of aromatic nitrogens is 2. The van der Waals surface area contributed by atoms with E-state index in [1.807, 2.05) is 6.92 Å². The Hall–Kier alpha value is -0.940. The minimum atomic E-state index is -0.384. The van der Waals surface area contributed by atoms with Crippen molar-refractivity contribution in [3.8, 4) is 0 Å². The number of piperidine rings is 1. The van der Waals surface area contributed by atoms with Gasteiger partial charge in [-0.2, -0.15) is 4.98 Å². The van der Waals surface area contributed by atoms with Gasteiger partial charge in [0.2, 0.25) is 11.7 Å². The van der Waals surface area contributed by atoms with Gasteiger partial charge in [0.1, 0.15) is 5.60 Å². The zero-order valence-electron chi connectivity index (χ0n) is 12.9. The van der Waals surface area contributed by atoms with E-state index in [0.717, 1.165) is 38.2 Å². The molecule has 0 saturated carbocycles. The van der Waals surface area contributed by atoms with Crippen LogP contribution in [0.25, 0.3) is 0 Å². The number of hydrogen-bond acceptors (Lipinski definition) is 5. The molecule has 5 heteroatoms. The molecule has 0 aliphatic carbocycles. The van der Waals surface area contributed by atoms with E-state index in [1.165, 1.54) is 12.8 Å². The zero-order valence-corrected chi connectivity index (χ0v) is 12.9. The molecule has 2 rings (SSSR count). The molecule has 1 aromatic heterocycles. The van der Waals surface area contributed by atoms with Gasteiger partial charge in [-0.1, -0.05) is 19.0 Å². The monoisotopic (exact) mass is 281 g/mol. The molecule has 2 heterocycles. The third kappa shape index (κ3) is 3.38. The Morgan fingerprint density at radius 1 is 1.25 bits per heavy atom. The lowest BCUT2D eigenvalue weighted by molar-refractivity contribution is -0.0583. The molecule has 20 heavy (non-hydrogen) atoms. The van der Waals surface area contributed by atoms with Crippen molar-refractivity contribution in [1.29, 1.82) is 0 Å². The van der Waals surface area contributed by atoms with Crippen LogP contribution in [0.3, 0.4) is 0 Å². The van der Waals surface area contributed by atoms with Gasteiger partial charge in [-0.15, -0.1) is 0 Å². The van der Waals surface area contributed by atoms with E-state index in [1.54, 1.807) is 0 Å². The van der Waals surface area contributed by atoms with E-state index in [0.29, 0.717) is 18.3 Å². The predicted molar refractivity (Wildman–Crippen MR) is 77.5 cm³/mol. The first-order chi connectivity index (χ1) is 9.74. The molecule has 0 aromatic carbocycles. The van der Waals surface area contributed by atoms with Gasteiger partial charge in [-0.05, 0) is 51.6 Å². The number of hydrogen-bond donors (Lipinski definition) is 1.